The van der Waals surface area contributed by atoms with E-state index in [9.17, 15) is 32.9 Å². The van der Waals surface area contributed by atoms with Gasteiger partial charge in [-0.25, -0.2) is 13.2 Å². The Labute approximate surface area is 300 Å². The van der Waals surface area contributed by atoms with Crippen LogP contribution in [0.15, 0.2) is 53.0 Å². The molecule has 1 heterocycles. The normalized spacial score (nSPS) is 16.9. The summed E-state index contributed by atoms with van der Waals surface area (Å²) in [5.74, 6) is -2.65. The molecule has 0 aliphatic carbocycles. The maximum Gasteiger partial charge on any atom is 0.410 e. The van der Waals surface area contributed by atoms with Gasteiger partial charge in [-0.2, -0.15) is 5.26 Å². The lowest BCUT2D eigenvalue weighted by Crippen LogP contribution is -2.60. The quantitative estimate of drug-likeness (QED) is 0.346. The highest BCUT2D eigenvalue weighted by Gasteiger charge is 2.44. The predicted molar refractivity (Wildman–Crippen MR) is 193 cm³/mol. The molecule has 0 spiro atoms. The molecule has 0 saturated carbocycles. The number of nitriles is 1. The number of likely N-dealkylation sites (N-methyl/N-ethyl adjacent to an activating group) is 1. The van der Waals surface area contributed by atoms with E-state index in [0.717, 1.165) is 26.4 Å². The number of hydrogen-bond donors (Lipinski definition) is 1. The Kier molecular flexibility index (Phi) is 11.2. The van der Waals surface area contributed by atoms with E-state index in [-0.39, 0.29) is 23.5 Å². The number of sulfone groups is 1. The highest BCUT2D eigenvalue weighted by Crippen LogP contribution is 2.40. The molecule has 0 bridgehead atoms. The summed E-state index contributed by atoms with van der Waals surface area (Å²) < 4.78 is 36.7. The van der Waals surface area contributed by atoms with Gasteiger partial charge in [0, 0.05) is 23.3 Å². The topological polar surface area (TPSA) is 166 Å². The molecule has 1 aliphatic rings. The van der Waals surface area contributed by atoms with E-state index in [0.29, 0.717) is 11.3 Å². The lowest BCUT2D eigenvalue weighted by Gasteiger charge is -2.34. The monoisotopic (exact) mass is 769 g/mol. The smallest absolute Gasteiger partial charge is 0.410 e. The summed E-state index contributed by atoms with van der Waals surface area (Å²) >= 11 is 3.58. The molecule has 4 rings (SSSR count). The van der Waals surface area contributed by atoms with Gasteiger partial charge in [0.1, 0.15) is 29.2 Å². The summed E-state index contributed by atoms with van der Waals surface area (Å²) in [6.07, 6.45) is 0.153. The van der Waals surface area contributed by atoms with Gasteiger partial charge in [0.25, 0.3) is 5.91 Å². The first-order chi connectivity index (χ1) is 23.3. The summed E-state index contributed by atoms with van der Waals surface area (Å²) in [6, 6.07) is 12.0. The van der Waals surface area contributed by atoms with Crippen LogP contribution in [0.5, 0.6) is 5.75 Å². The third-order valence-corrected chi connectivity index (χ3v) is 9.75. The fourth-order valence-electron chi connectivity index (χ4n) is 5.69. The SMILES string of the molecule is COc1ccc2c(Br)cccc2c1CN1C(=O)[C@@H](NC(=O)[C@H](C)N(C)C(=O)OC(C)(C)C)[C@H](C)N(C(=O)CS(C)(=O)=O)c2ccc(C#N)cc21. The minimum atomic E-state index is -3.83. The second kappa shape index (κ2) is 14.7. The van der Waals surface area contributed by atoms with Crippen LogP contribution in [0, 0.1) is 11.3 Å². The summed E-state index contributed by atoms with van der Waals surface area (Å²) in [5.41, 5.74) is 0.245. The molecule has 50 heavy (non-hydrogen) atoms. The largest absolute Gasteiger partial charge is 0.496 e. The van der Waals surface area contributed by atoms with Gasteiger partial charge in [-0.1, -0.05) is 28.1 Å². The number of nitrogens with one attached hydrogen (secondary N) is 1. The average Bonchev–Trinajstić information content (AvgIpc) is 3.11. The summed E-state index contributed by atoms with van der Waals surface area (Å²) in [6.45, 7) is 7.91. The van der Waals surface area contributed by atoms with E-state index in [1.54, 1.807) is 26.8 Å². The van der Waals surface area contributed by atoms with Gasteiger partial charge in [0.05, 0.1) is 42.7 Å². The van der Waals surface area contributed by atoms with Crippen LogP contribution >= 0.6 is 15.9 Å². The van der Waals surface area contributed by atoms with Crippen LogP contribution in [0.4, 0.5) is 16.2 Å². The maximum absolute atomic E-state index is 14.8. The molecule has 1 N–H and O–H groups in total. The zero-order valence-electron chi connectivity index (χ0n) is 29.1. The number of rotatable bonds is 8. The number of hydrogen-bond acceptors (Lipinski definition) is 9. The van der Waals surface area contributed by atoms with E-state index in [1.807, 2.05) is 24.3 Å². The van der Waals surface area contributed by atoms with Crippen molar-refractivity contribution in [3.05, 3.63) is 64.1 Å². The van der Waals surface area contributed by atoms with Crippen molar-refractivity contribution in [1.29, 1.82) is 5.26 Å². The van der Waals surface area contributed by atoms with Crippen LogP contribution in [0.1, 0.15) is 45.7 Å². The van der Waals surface area contributed by atoms with Gasteiger partial charge < -0.3 is 24.6 Å². The lowest BCUT2D eigenvalue weighted by molar-refractivity contribution is -0.131. The van der Waals surface area contributed by atoms with E-state index in [2.05, 4.69) is 27.3 Å². The fourth-order valence-corrected chi connectivity index (χ4v) is 6.78. The van der Waals surface area contributed by atoms with E-state index >= 15 is 0 Å². The maximum atomic E-state index is 14.8. The number of benzene rings is 3. The minimum Gasteiger partial charge on any atom is -0.496 e. The average molecular weight is 771 g/mol. The molecular formula is C35H40BrN5O8S. The number of carbonyl (C=O) groups is 4. The third-order valence-electron chi connectivity index (χ3n) is 8.28. The molecule has 1 aliphatic heterocycles. The number of anilines is 2. The van der Waals surface area contributed by atoms with Crippen molar-refractivity contribution in [2.75, 3.05) is 36.0 Å². The number of fused-ring (bicyclic) bond motifs is 2. The fraction of sp³-hybridized carbons (Fsp3) is 0.400. The third kappa shape index (κ3) is 8.19. The van der Waals surface area contributed by atoms with Crippen molar-refractivity contribution in [2.45, 2.75) is 64.9 Å². The Bertz CT molecular complexity index is 2010. The number of amides is 4. The van der Waals surface area contributed by atoms with Gasteiger partial charge in [-0.3, -0.25) is 19.3 Å². The van der Waals surface area contributed by atoms with Crippen molar-refractivity contribution in [1.82, 2.24) is 10.2 Å². The van der Waals surface area contributed by atoms with Crippen LogP contribution in [-0.4, -0.2) is 87.0 Å². The zero-order valence-corrected chi connectivity index (χ0v) is 31.5. The molecule has 3 aromatic carbocycles. The molecular weight excluding hydrogens is 730 g/mol. The highest BCUT2D eigenvalue weighted by molar-refractivity contribution is 9.10. The van der Waals surface area contributed by atoms with Gasteiger partial charge in [0.15, 0.2) is 9.84 Å². The molecule has 0 fully saturated rings. The van der Waals surface area contributed by atoms with Gasteiger partial charge in [0.2, 0.25) is 11.8 Å². The molecule has 266 valence electrons. The van der Waals surface area contributed by atoms with Crippen LogP contribution in [0.3, 0.4) is 0 Å². The van der Waals surface area contributed by atoms with Crippen LogP contribution in [0.25, 0.3) is 10.8 Å². The van der Waals surface area contributed by atoms with Crippen molar-refractivity contribution in [3.8, 4) is 11.8 Å². The first-order valence-electron chi connectivity index (χ1n) is 15.6. The number of carbonyl (C=O) groups excluding carboxylic acids is 4. The molecule has 0 radical (unpaired) electrons. The highest BCUT2D eigenvalue weighted by atomic mass is 79.9. The number of nitrogens with zero attached hydrogens (tertiary/aromatic N) is 4. The molecule has 0 aromatic heterocycles. The van der Waals surface area contributed by atoms with Crippen molar-refractivity contribution >= 4 is 71.7 Å². The van der Waals surface area contributed by atoms with Crippen LogP contribution in [-0.2, 0) is 35.5 Å². The first kappa shape index (κ1) is 38.1. The molecule has 3 aromatic rings. The summed E-state index contributed by atoms with van der Waals surface area (Å²) in [7, 11) is -0.957. The number of halogens is 1. The Morgan fingerprint density at radius 1 is 1.10 bits per heavy atom. The summed E-state index contributed by atoms with van der Waals surface area (Å²) in [5, 5.41) is 14.2. The second-order valence-electron chi connectivity index (χ2n) is 13.1. The second-order valence-corrected chi connectivity index (χ2v) is 16.1. The van der Waals surface area contributed by atoms with Gasteiger partial charge >= 0.3 is 6.09 Å². The van der Waals surface area contributed by atoms with Crippen LogP contribution in [0.2, 0.25) is 0 Å². The number of ether oxygens (including phenoxy) is 2. The van der Waals surface area contributed by atoms with Crippen molar-refractivity contribution in [3.63, 3.8) is 0 Å². The molecule has 4 amide bonds. The lowest BCUT2D eigenvalue weighted by atomic mass is 10.0. The molecule has 0 saturated heterocycles. The standard InChI is InChI=1S/C35H40BrN5O8S/c1-20-31(38-32(43)21(2)39(6)34(45)49-35(3,4)5)33(44)40(18-25-23-10-9-11-26(36)24(23)13-15-29(25)48-7)28-16-22(17-37)12-14-27(28)41(20)30(42)19-50(8,46)47/h9-16,20-21,31H,18-19H2,1-8H3,(H,38,43)/t20-,21-,31-/m0/s1. The summed E-state index contributed by atoms with van der Waals surface area (Å²) in [4.78, 5) is 58.9. The molecule has 3 atom stereocenters. The predicted octanol–water partition coefficient (Wildman–Crippen LogP) is 4.54. The Balaban J connectivity index is 1.91. The molecule has 0 unspecified atom stereocenters. The van der Waals surface area contributed by atoms with E-state index < -0.39 is 63.1 Å². The van der Waals surface area contributed by atoms with Crippen LogP contribution < -0.4 is 19.9 Å². The van der Waals surface area contributed by atoms with E-state index in [1.165, 1.54) is 56.0 Å². The van der Waals surface area contributed by atoms with Crippen molar-refractivity contribution < 1.29 is 37.1 Å². The Hall–Kier alpha value is -4.68. The van der Waals surface area contributed by atoms with E-state index in [4.69, 9.17) is 9.47 Å². The molecule has 13 nitrogen and oxygen atoms in total. The zero-order chi connectivity index (χ0) is 37.3. The van der Waals surface area contributed by atoms with Crippen molar-refractivity contribution in [2.24, 2.45) is 0 Å². The minimum absolute atomic E-state index is 0.127. The van der Waals surface area contributed by atoms with Gasteiger partial charge in [-0.05, 0) is 81.8 Å². The molecule has 15 heteroatoms. The Morgan fingerprint density at radius 3 is 2.38 bits per heavy atom. The first-order valence-corrected chi connectivity index (χ1v) is 18.5. The van der Waals surface area contributed by atoms with Gasteiger partial charge in [-0.15, -0.1) is 0 Å². The Morgan fingerprint density at radius 2 is 1.78 bits per heavy atom. The number of methoxy groups -OCH3 is 1.